The van der Waals surface area contributed by atoms with Gasteiger partial charge in [-0.1, -0.05) is 97.3 Å². The van der Waals surface area contributed by atoms with Crippen molar-refractivity contribution in [3.8, 4) is 0 Å². The molecule has 0 unspecified atom stereocenters. The summed E-state index contributed by atoms with van der Waals surface area (Å²) in [6.45, 7) is 4.38. The summed E-state index contributed by atoms with van der Waals surface area (Å²) in [7, 11) is 0. The Morgan fingerprint density at radius 2 is 1.00 bits per heavy atom. The van der Waals surface area contributed by atoms with Crippen LogP contribution in [0.1, 0.15) is 104 Å². The van der Waals surface area contributed by atoms with E-state index in [4.69, 9.17) is 13.5 Å². The quantitative estimate of drug-likeness (QED) is 0.218. The SMILES string of the molecule is CC(C)CCCCCCCCCCCCCC[C-]=O.OCCO.[O]=[Ti+]. The van der Waals surface area contributed by atoms with Gasteiger partial charge in [0, 0.05) is 0 Å². The molecule has 0 fully saturated rings. The Bertz CT molecular complexity index is 224. The van der Waals surface area contributed by atoms with E-state index in [2.05, 4.69) is 13.8 Å². The monoisotopic (exact) mass is 393 g/mol. The van der Waals surface area contributed by atoms with Crippen molar-refractivity contribution in [3.63, 3.8) is 0 Å². The first-order chi connectivity index (χ1) is 12.2. The van der Waals surface area contributed by atoms with Crippen LogP contribution in [-0.4, -0.2) is 29.7 Å². The van der Waals surface area contributed by atoms with Gasteiger partial charge >= 0.3 is 23.7 Å². The maximum atomic E-state index is 10.0. The molecule has 0 aromatic carbocycles. The van der Waals surface area contributed by atoms with Crippen molar-refractivity contribution in [1.82, 2.24) is 0 Å². The fraction of sp³-hybridized carbons (Fsp3) is 0.950. The summed E-state index contributed by atoms with van der Waals surface area (Å²) in [4.78, 5) is 10.0. The van der Waals surface area contributed by atoms with E-state index in [0.29, 0.717) is 6.42 Å². The van der Waals surface area contributed by atoms with Gasteiger partial charge in [0.2, 0.25) is 0 Å². The first kappa shape index (κ1) is 29.9. The molecule has 25 heavy (non-hydrogen) atoms. The van der Waals surface area contributed by atoms with E-state index >= 15 is 0 Å². The van der Waals surface area contributed by atoms with Crippen LogP contribution in [-0.2, 0) is 28.5 Å². The second-order valence-electron chi connectivity index (χ2n) is 6.77. The molecule has 0 heterocycles. The van der Waals surface area contributed by atoms with Gasteiger partial charge in [-0.05, 0) is 5.92 Å². The zero-order valence-corrected chi connectivity index (χ0v) is 18.2. The van der Waals surface area contributed by atoms with Crippen LogP contribution in [0.3, 0.4) is 0 Å². The summed E-state index contributed by atoms with van der Waals surface area (Å²) in [6, 6.07) is 0. The number of hydrogen-bond acceptors (Lipinski definition) is 4. The van der Waals surface area contributed by atoms with Crippen LogP contribution in [0.4, 0.5) is 0 Å². The van der Waals surface area contributed by atoms with Crippen LogP contribution in [0.15, 0.2) is 0 Å². The Balaban J connectivity index is -0.000000701. The summed E-state index contributed by atoms with van der Waals surface area (Å²) in [6.07, 6.45) is 20.3. The summed E-state index contributed by atoms with van der Waals surface area (Å²) in [5.74, 6) is 0.879. The molecule has 4 nitrogen and oxygen atoms in total. The number of unbranched alkanes of at least 4 members (excludes halogenated alkanes) is 12. The molecule has 0 aliphatic rings. The van der Waals surface area contributed by atoms with Crippen LogP contribution in [0.25, 0.3) is 0 Å². The van der Waals surface area contributed by atoms with E-state index in [1.165, 1.54) is 77.0 Å². The summed E-state index contributed by atoms with van der Waals surface area (Å²) in [5.41, 5.74) is 0. The van der Waals surface area contributed by atoms with Crippen LogP contribution < -0.4 is 0 Å². The fourth-order valence-electron chi connectivity index (χ4n) is 2.52. The van der Waals surface area contributed by atoms with Crippen LogP contribution in [0.5, 0.6) is 0 Å². The Morgan fingerprint density at radius 1 is 0.680 bits per heavy atom. The molecular weight excluding hydrogens is 352 g/mol. The van der Waals surface area contributed by atoms with E-state index in [9.17, 15) is 4.79 Å². The van der Waals surface area contributed by atoms with Crippen molar-refractivity contribution < 1.29 is 38.7 Å². The van der Waals surface area contributed by atoms with Crippen molar-refractivity contribution in [3.05, 3.63) is 0 Å². The normalized spacial score (nSPS) is 9.88. The maximum absolute atomic E-state index is 10.0. The van der Waals surface area contributed by atoms with Crippen LogP contribution in [0.2, 0.25) is 0 Å². The molecule has 0 atom stereocenters. The Hall–Kier alpha value is 0.104. The van der Waals surface area contributed by atoms with Gasteiger partial charge in [0.25, 0.3) is 0 Å². The van der Waals surface area contributed by atoms with Gasteiger partial charge in [-0.2, -0.15) is 6.42 Å². The van der Waals surface area contributed by atoms with E-state index in [0.717, 1.165) is 32.7 Å². The predicted molar refractivity (Wildman–Crippen MR) is 100 cm³/mol. The Labute approximate surface area is 167 Å². The third-order valence-electron chi connectivity index (χ3n) is 3.91. The van der Waals surface area contributed by atoms with Gasteiger partial charge in [-0.3, -0.25) is 6.29 Å². The first-order valence-electron chi connectivity index (χ1n) is 9.96. The third kappa shape index (κ3) is 40.3. The zero-order chi connectivity index (χ0) is 19.6. The van der Waals surface area contributed by atoms with Crippen molar-refractivity contribution in [2.45, 2.75) is 104 Å². The molecular formula is C20H41O4Ti. The molecule has 0 rings (SSSR count). The van der Waals surface area contributed by atoms with Crippen molar-refractivity contribution >= 4 is 6.29 Å². The second-order valence-corrected chi connectivity index (χ2v) is 6.77. The minimum atomic E-state index is -0.125. The summed E-state index contributed by atoms with van der Waals surface area (Å²) < 4.78 is 8.25. The van der Waals surface area contributed by atoms with Crippen LogP contribution >= 0.6 is 0 Å². The molecule has 0 bridgehead atoms. The van der Waals surface area contributed by atoms with Crippen molar-refractivity contribution in [2.75, 3.05) is 13.2 Å². The molecule has 0 radical (unpaired) electrons. The molecule has 0 aromatic rings. The van der Waals surface area contributed by atoms with E-state index < -0.39 is 0 Å². The molecule has 0 aromatic heterocycles. The predicted octanol–water partition coefficient (Wildman–Crippen LogP) is 5.06. The van der Waals surface area contributed by atoms with Crippen molar-refractivity contribution in [2.24, 2.45) is 5.92 Å². The van der Waals surface area contributed by atoms with Gasteiger partial charge < -0.3 is 15.0 Å². The molecule has 0 spiro atoms. The van der Waals surface area contributed by atoms with Gasteiger partial charge in [-0.15, -0.1) is 0 Å². The second kappa shape index (κ2) is 31.8. The zero-order valence-electron chi connectivity index (χ0n) is 16.6. The summed E-state index contributed by atoms with van der Waals surface area (Å²) in [5, 5.41) is 15.2. The van der Waals surface area contributed by atoms with Crippen LogP contribution in [0, 0.1) is 5.92 Å². The standard InChI is InChI=1S/C18H35O.C2H6O2.O.Ti/c1-18(2)16-14-12-10-8-6-4-3-5-7-9-11-13-15-17-19;3-1-2-4;;/h18H,3-16H2,1-2H3;3-4H,1-2H2;;/q-1;;;+1. The average molecular weight is 393 g/mol. The molecule has 149 valence electrons. The van der Waals surface area contributed by atoms with E-state index in [1.54, 1.807) is 0 Å². The van der Waals surface area contributed by atoms with Crippen molar-refractivity contribution in [1.29, 1.82) is 0 Å². The first-order valence-corrected chi connectivity index (χ1v) is 10.6. The number of aliphatic hydroxyl groups excluding tert-OH is 2. The molecule has 2 N–H and O–H groups in total. The molecule has 0 saturated heterocycles. The topological polar surface area (TPSA) is 74.6 Å². The number of aliphatic hydroxyl groups is 2. The van der Waals surface area contributed by atoms with Gasteiger partial charge in [-0.25, -0.2) is 0 Å². The number of rotatable bonds is 16. The minimum absolute atomic E-state index is 0.125. The van der Waals surface area contributed by atoms with Gasteiger partial charge in [0.05, 0.1) is 13.2 Å². The molecule has 5 heteroatoms. The number of carbonyl (C=O) groups excluding carboxylic acids is 1. The number of hydrogen-bond donors (Lipinski definition) is 2. The Kier molecular flexibility index (Phi) is 38.0. The Morgan fingerprint density at radius 3 is 1.28 bits per heavy atom. The third-order valence-corrected chi connectivity index (χ3v) is 3.91. The molecule has 0 aliphatic carbocycles. The van der Waals surface area contributed by atoms with E-state index in [1.807, 2.05) is 6.29 Å². The van der Waals surface area contributed by atoms with E-state index in [-0.39, 0.29) is 13.2 Å². The summed E-state index contributed by atoms with van der Waals surface area (Å²) >= 11 is 0.750. The average Bonchev–Trinajstić information content (AvgIpc) is 2.63. The molecule has 0 amide bonds. The van der Waals surface area contributed by atoms with Gasteiger partial charge in [0.1, 0.15) is 0 Å². The molecule has 0 aliphatic heterocycles. The fourth-order valence-corrected chi connectivity index (χ4v) is 2.52. The van der Waals surface area contributed by atoms with Gasteiger partial charge in [0.15, 0.2) is 0 Å². The molecule has 0 saturated carbocycles.